The van der Waals surface area contributed by atoms with Crippen LogP contribution in [0.15, 0.2) is 39.8 Å². The van der Waals surface area contributed by atoms with Gasteiger partial charge in [-0.1, -0.05) is 0 Å². The number of ether oxygens (including phenoxy) is 3. The van der Waals surface area contributed by atoms with Crippen LogP contribution in [0.1, 0.15) is 30.0 Å². The van der Waals surface area contributed by atoms with E-state index in [0.717, 1.165) is 4.31 Å². The number of hydrogen-bond donors (Lipinski definition) is 0. The Morgan fingerprint density at radius 3 is 2.33 bits per heavy atom. The van der Waals surface area contributed by atoms with Gasteiger partial charge in [0.2, 0.25) is 5.09 Å². The number of furan rings is 1. The number of rotatable bonds is 9. The zero-order valence-electron chi connectivity index (χ0n) is 15.7. The second kappa shape index (κ2) is 8.92. The molecule has 0 N–H and O–H groups in total. The zero-order valence-corrected chi connectivity index (χ0v) is 16.5. The van der Waals surface area contributed by atoms with Crippen molar-refractivity contribution in [2.75, 3.05) is 27.3 Å². The summed E-state index contributed by atoms with van der Waals surface area (Å²) in [7, 11) is -0.869. The van der Waals surface area contributed by atoms with E-state index in [9.17, 15) is 13.2 Å². The third-order valence-corrected chi connectivity index (χ3v) is 5.19. The van der Waals surface area contributed by atoms with Crippen LogP contribution in [-0.4, -0.2) is 46.0 Å². The highest BCUT2D eigenvalue weighted by Gasteiger charge is 2.22. The summed E-state index contributed by atoms with van der Waals surface area (Å²) in [4.78, 5) is 12.3. The van der Waals surface area contributed by atoms with Crippen molar-refractivity contribution in [1.29, 1.82) is 0 Å². The Kier molecular flexibility index (Phi) is 6.86. The molecule has 0 unspecified atom stereocenters. The molecule has 0 aliphatic heterocycles. The largest absolute Gasteiger partial charge is 0.490 e. The maximum atomic E-state index is 12.3. The molecule has 0 amide bonds. The first-order valence-electron chi connectivity index (χ1n) is 8.37. The molecule has 148 valence electrons. The summed E-state index contributed by atoms with van der Waals surface area (Å²) in [5.41, 5.74) is 0.287. The van der Waals surface area contributed by atoms with Gasteiger partial charge in [-0.15, -0.1) is 0 Å². The van der Waals surface area contributed by atoms with Gasteiger partial charge in [0.15, 0.2) is 11.5 Å². The predicted octanol–water partition coefficient (Wildman–Crippen LogP) is 2.68. The molecule has 0 saturated carbocycles. The van der Waals surface area contributed by atoms with Gasteiger partial charge in [0.1, 0.15) is 12.4 Å². The van der Waals surface area contributed by atoms with Crippen LogP contribution in [-0.2, 0) is 21.4 Å². The summed E-state index contributed by atoms with van der Waals surface area (Å²) in [6, 6.07) is 7.52. The van der Waals surface area contributed by atoms with Crippen molar-refractivity contribution in [1.82, 2.24) is 4.31 Å². The van der Waals surface area contributed by atoms with Crippen molar-refractivity contribution in [3.8, 4) is 11.5 Å². The lowest BCUT2D eigenvalue weighted by molar-refractivity contribution is 0.0440. The Morgan fingerprint density at radius 1 is 1.04 bits per heavy atom. The topological polar surface area (TPSA) is 95.3 Å². The Labute approximate surface area is 158 Å². The number of sulfonamides is 1. The summed E-state index contributed by atoms with van der Waals surface area (Å²) < 4.78 is 46.4. The molecule has 0 spiro atoms. The number of benzene rings is 1. The number of carbonyl (C=O) groups excluding carboxylic acids is 1. The Morgan fingerprint density at radius 2 is 1.70 bits per heavy atom. The molecule has 27 heavy (non-hydrogen) atoms. The maximum Gasteiger partial charge on any atom is 0.338 e. The predicted molar refractivity (Wildman–Crippen MR) is 97.5 cm³/mol. The number of hydrogen-bond acceptors (Lipinski definition) is 7. The molecule has 0 saturated heterocycles. The highest BCUT2D eigenvalue weighted by molar-refractivity contribution is 7.88. The van der Waals surface area contributed by atoms with E-state index in [0.29, 0.717) is 24.7 Å². The fourth-order valence-electron chi connectivity index (χ4n) is 2.15. The van der Waals surface area contributed by atoms with Gasteiger partial charge in [0.25, 0.3) is 10.0 Å². The highest BCUT2D eigenvalue weighted by atomic mass is 32.2. The van der Waals surface area contributed by atoms with Gasteiger partial charge >= 0.3 is 5.97 Å². The molecular formula is C18H23NO7S. The van der Waals surface area contributed by atoms with E-state index in [4.69, 9.17) is 18.6 Å². The highest BCUT2D eigenvalue weighted by Crippen LogP contribution is 2.29. The molecule has 1 aromatic heterocycles. The molecule has 0 atom stereocenters. The Hall–Kier alpha value is -2.52. The van der Waals surface area contributed by atoms with E-state index in [1.807, 2.05) is 13.8 Å². The van der Waals surface area contributed by atoms with Gasteiger partial charge in [-0.2, -0.15) is 0 Å². The minimum atomic E-state index is -3.67. The van der Waals surface area contributed by atoms with Crippen LogP contribution in [0.2, 0.25) is 0 Å². The average molecular weight is 397 g/mol. The first-order chi connectivity index (χ1) is 12.8. The van der Waals surface area contributed by atoms with Crippen LogP contribution < -0.4 is 9.47 Å². The number of carbonyl (C=O) groups is 1. The van der Waals surface area contributed by atoms with Crippen LogP contribution >= 0.6 is 0 Å². The molecule has 2 aromatic rings. The van der Waals surface area contributed by atoms with Crippen LogP contribution in [0, 0.1) is 0 Å². The summed E-state index contributed by atoms with van der Waals surface area (Å²) in [6.45, 7) is 4.39. The van der Waals surface area contributed by atoms with Gasteiger partial charge in [-0.25, -0.2) is 17.5 Å². The fourth-order valence-corrected chi connectivity index (χ4v) is 2.96. The van der Waals surface area contributed by atoms with Crippen molar-refractivity contribution >= 4 is 16.0 Å². The first-order valence-corrected chi connectivity index (χ1v) is 9.81. The van der Waals surface area contributed by atoms with Crippen LogP contribution in [0.3, 0.4) is 0 Å². The van der Waals surface area contributed by atoms with Gasteiger partial charge in [0, 0.05) is 14.1 Å². The molecule has 1 heterocycles. The van der Waals surface area contributed by atoms with Crippen molar-refractivity contribution in [2.45, 2.75) is 25.5 Å². The average Bonchev–Trinajstić information content (AvgIpc) is 3.11. The van der Waals surface area contributed by atoms with Crippen molar-refractivity contribution in [3.05, 3.63) is 41.7 Å². The molecule has 0 aliphatic rings. The summed E-state index contributed by atoms with van der Waals surface area (Å²) in [5.74, 6) is 0.624. The minimum absolute atomic E-state index is 0.195. The third kappa shape index (κ3) is 5.01. The number of esters is 1. The van der Waals surface area contributed by atoms with Crippen molar-refractivity contribution < 1.29 is 31.8 Å². The van der Waals surface area contributed by atoms with E-state index < -0.39 is 16.0 Å². The van der Waals surface area contributed by atoms with Crippen LogP contribution in [0.4, 0.5) is 0 Å². The van der Waals surface area contributed by atoms with Crippen molar-refractivity contribution in [3.63, 3.8) is 0 Å². The summed E-state index contributed by atoms with van der Waals surface area (Å²) >= 11 is 0. The molecule has 0 bridgehead atoms. The van der Waals surface area contributed by atoms with E-state index in [1.54, 1.807) is 18.2 Å². The summed E-state index contributed by atoms with van der Waals surface area (Å²) in [5, 5.41) is -0.210. The molecule has 0 radical (unpaired) electrons. The van der Waals surface area contributed by atoms with Gasteiger partial charge in [-0.05, 0) is 44.2 Å². The standard InChI is InChI=1S/C18H23NO7S/c1-5-23-15-9-7-13(11-16(15)24-6-2)18(20)25-12-14-8-10-17(26-14)27(21,22)19(3)4/h7-11H,5-6,12H2,1-4H3. The van der Waals surface area contributed by atoms with Gasteiger partial charge in [-0.3, -0.25) is 0 Å². The quantitative estimate of drug-likeness (QED) is 0.600. The second-order valence-electron chi connectivity index (χ2n) is 5.61. The lowest BCUT2D eigenvalue weighted by Gasteiger charge is -2.12. The summed E-state index contributed by atoms with van der Waals surface area (Å²) in [6.07, 6.45) is 0. The molecule has 2 rings (SSSR count). The molecule has 1 aromatic carbocycles. The second-order valence-corrected chi connectivity index (χ2v) is 7.69. The SMILES string of the molecule is CCOc1ccc(C(=O)OCc2ccc(S(=O)(=O)N(C)C)o2)cc1OCC. The van der Waals surface area contributed by atoms with E-state index in [2.05, 4.69) is 0 Å². The minimum Gasteiger partial charge on any atom is -0.490 e. The molecule has 0 fully saturated rings. The van der Waals surface area contributed by atoms with Crippen molar-refractivity contribution in [2.24, 2.45) is 0 Å². The lowest BCUT2D eigenvalue weighted by atomic mass is 10.2. The Balaban J connectivity index is 2.08. The molecule has 0 aliphatic carbocycles. The Bertz CT molecular complexity index is 887. The smallest absolute Gasteiger partial charge is 0.338 e. The molecule has 8 nitrogen and oxygen atoms in total. The third-order valence-electron chi connectivity index (χ3n) is 3.50. The monoisotopic (exact) mass is 397 g/mol. The van der Waals surface area contributed by atoms with E-state index in [1.165, 1.54) is 26.2 Å². The lowest BCUT2D eigenvalue weighted by Crippen LogP contribution is -2.21. The van der Waals surface area contributed by atoms with Gasteiger partial charge < -0.3 is 18.6 Å². The van der Waals surface area contributed by atoms with Crippen LogP contribution in [0.25, 0.3) is 0 Å². The molecule has 9 heteroatoms. The maximum absolute atomic E-state index is 12.3. The zero-order chi connectivity index (χ0) is 20.0. The normalized spacial score (nSPS) is 11.4. The number of nitrogens with zero attached hydrogens (tertiary/aromatic N) is 1. The molecular weight excluding hydrogens is 374 g/mol. The first kappa shape index (κ1) is 20.8. The fraction of sp³-hybridized carbons (Fsp3) is 0.389. The van der Waals surface area contributed by atoms with E-state index in [-0.39, 0.29) is 23.0 Å². The van der Waals surface area contributed by atoms with E-state index >= 15 is 0 Å². The van der Waals surface area contributed by atoms with Gasteiger partial charge in [0.05, 0.1) is 18.8 Å². The van der Waals surface area contributed by atoms with Crippen LogP contribution in [0.5, 0.6) is 11.5 Å².